The summed E-state index contributed by atoms with van der Waals surface area (Å²) in [4.78, 5) is 13.0. The quantitative estimate of drug-likeness (QED) is 0.340. The summed E-state index contributed by atoms with van der Waals surface area (Å²) in [5, 5.41) is 0.779. The number of hydrazine groups is 1. The van der Waals surface area contributed by atoms with Crippen molar-refractivity contribution in [2.24, 2.45) is 0 Å². The zero-order valence-electron chi connectivity index (χ0n) is 19.3. The number of rotatable bonds is 6. The second-order valence-electron chi connectivity index (χ2n) is 8.09. The number of aromatic nitrogens is 1. The smallest absolute Gasteiger partial charge is 0.263 e. The Kier molecular flexibility index (Phi) is 6.36. The maximum Gasteiger partial charge on any atom is 0.263 e. The minimum absolute atomic E-state index is 0.0211. The lowest BCUT2D eigenvalue weighted by atomic mass is 10.0. The van der Waals surface area contributed by atoms with Crippen LogP contribution in [-0.4, -0.2) is 20.1 Å². The topological polar surface area (TPSA) is 101 Å². The van der Waals surface area contributed by atoms with Gasteiger partial charge >= 0.3 is 0 Å². The average molecular weight is 539 g/mol. The highest BCUT2D eigenvalue weighted by molar-refractivity contribution is 7.89. The lowest BCUT2D eigenvalue weighted by Crippen LogP contribution is -2.38. The van der Waals surface area contributed by atoms with Gasteiger partial charge in [-0.05, 0) is 77.9 Å². The monoisotopic (exact) mass is 538 g/mol. The maximum atomic E-state index is 13.9. The van der Waals surface area contributed by atoms with Crippen LogP contribution in [0.4, 0.5) is 4.39 Å². The molecule has 0 unspecified atom stereocenters. The summed E-state index contributed by atoms with van der Waals surface area (Å²) in [7, 11) is -2.44. The predicted molar refractivity (Wildman–Crippen MR) is 140 cm³/mol. The Balaban J connectivity index is 1.59. The number of sulfonamides is 1. The van der Waals surface area contributed by atoms with Crippen LogP contribution >= 0.6 is 11.6 Å². The molecule has 0 saturated heterocycles. The first-order valence-corrected chi connectivity index (χ1v) is 12.8. The van der Waals surface area contributed by atoms with Gasteiger partial charge in [-0.25, -0.2) is 12.8 Å². The molecule has 0 radical (unpaired) electrons. The summed E-state index contributed by atoms with van der Waals surface area (Å²) in [6, 6.07) is 16.7. The van der Waals surface area contributed by atoms with E-state index in [9.17, 15) is 17.6 Å². The number of halogens is 2. The van der Waals surface area contributed by atoms with Crippen LogP contribution in [0.15, 0.2) is 101 Å². The van der Waals surface area contributed by atoms with Crippen LogP contribution in [0.2, 0.25) is 5.02 Å². The molecule has 0 spiro atoms. The largest absolute Gasteiger partial charge is 0.495 e. The van der Waals surface area contributed by atoms with E-state index in [0.717, 1.165) is 0 Å². The van der Waals surface area contributed by atoms with E-state index in [1.54, 1.807) is 54.8 Å². The molecule has 3 aromatic carbocycles. The Bertz CT molecular complexity index is 1750. The van der Waals surface area contributed by atoms with Gasteiger partial charge in [0, 0.05) is 22.7 Å². The van der Waals surface area contributed by atoms with Crippen LogP contribution in [0.3, 0.4) is 0 Å². The zero-order chi connectivity index (χ0) is 26.2. The van der Waals surface area contributed by atoms with Crippen molar-refractivity contribution in [3.05, 3.63) is 112 Å². The molecular weight excluding hydrogens is 519 g/mol. The summed E-state index contributed by atoms with van der Waals surface area (Å²) < 4.78 is 49.2. The summed E-state index contributed by atoms with van der Waals surface area (Å²) in [5.41, 5.74) is 7.17. The highest BCUT2D eigenvalue weighted by atomic mass is 35.5. The molecule has 0 saturated carbocycles. The number of nitrogens with one attached hydrogen (secondary N) is 3. The van der Waals surface area contributed by atoms with E-state index in [1.165, 1.54) is 42.0 Å². The molecule has 37 heavy (non-hydrogen) atoms. The van der Waals surface area contributed by atoms with E-state index < -0.39 is 15.8 Å². The normalized spacial score (nSPS) is 13.0. The Morgan fingerprint density at radius 2 is 1.84 bits per heavy atom. The Morgan fingerprint density at radius 1 is 1.00 bits per heavy atom. The number of fused-ring (bicyclic) bond motifs is 1. The first kappa shape index (κ1) is 24.4. The Hall–Kier alpha value is -4.28. The fourth-order valence-corrected chi connectivity index (χ4v) is 5.30. The molecule has 2 heterocycles. The summed E-state index contributed by atoms with van der Waals surface area (Å²) >= 11 is 6.01. The van der Waals surface area contributed by atoms with E-state index in [-0.39, 0.29) is 21.3 Å². The van der Waals surface area contributed by atoms with E-state index in [2.05, 4.69) is 15.6 Å². The van der Waals surface area contributed by atoms with Gasteiger partial charge < -0.3 is 10.2 Å². The van der Waals surface area contributed by atoms with Crippen molar-refractivity contribution in [2.75, 3.05) is 7.11 Å². The van der Waals surface area contributed by atoms with Crippen molar-refractivity contribution in [1.29, 1.82) is 0 Å². The number of benzene rings is 3. The molecule has 0 amide bonds. The van der Waals surface area contributed by atoms with Gasteiger partial charge in [0.1, 0.15) is 17.4 Å². The molecule has 1 aromatic heterocycles. The van der Waals surface area contributed by atoms with Crippen molar-refractivity contribution in [1.82, 2.24) is 20.1 Å². The van der Waals surface area contributed by atoms with E-state index in [4.69, 9.17) is 16.3 Å². The van der Waals surface area contributed by atoms with Gasteiger partial charge in [-0.2, -0.15) is 0 Å². The molecule has 0 fully saturated rings. The molecule has 5 rings (SSSR count). The number of ether oxygens (including phenoxy) is 1. The van der Waals surface area contributed by atoms with E-state index in [0.29, 0.717) is 33.5 Å². The summed E-state index contributed by atoms with van der Waals surface area (Å²) in [6.07, 6.45) is 4.83. The van der Waals surface area contributed by atoms with Gasteiger partial charge in [-0.3, -0.25) is 19.5 Å². The first-order chi connectivity index (χ1) is 17.7. The molecule has 0 atom stereocenters. The highest BCUT2D eigenvalue weighted by Crippen LogP contribution is 2.32. The standard InChI is InChI=1S/C26H20ClFN4O4S/c1-36-24-14-16(18-11-19(27)15-20(28)12-18)4-7-23(24)32-22-8-6-21(13-17(22)5-9-26(32)33)37(34,35)31-25-3-2-10-29-30-25/h2-15,29-31H,1H3. The van der Waals surface area contributed by atoms with E-state index >= 15 is 0 Å². The summed E-state index contributed by atoms with van der Waals surface area (Å²) in [5.74, 6) is 0.151. The maximum absolute atomic E-state index is 13.9. The van der Waals surface area contributed by atoms with E-state index in [1.807, 2.05) is 0 Å². The first-order valence-electron chi connectivity index (χ1n) is 11.0. The Labute approximate surface area is 216 Å². The molecule has 3 N–H and O–H groups in total. The van der Waals surface area contributed by atoms with Crippen LogP contribution in [0, 0.1) is 5.82 Å². The molecule has 1 aliphatic heterocycles. The van der Waals surface area contributed by atoms with Gasteiger partial charge in [0.15, 0.2) is 0 Å². The summed E-state index contributed by atoms with van der Waals surface area (Å²) in [6.45, 7) is 0. The van der Waals surface area contributed by atoms with Crippen molar-refractivity contribution in [3.8, 4) is 22.6 Å². The third kappa shape index (κ3) is 4.89. The molecule has 1 aliphatic rings. The van der Waals surface area contributed by atoms with Gasteiger partial charge in [0.05, 0.1) is 23.2 Å². The van der Waals surface area contributed by atoms with Gasteiger partial charge in [-0.15, -0.1) is 0 Å². The van der Waals surface area contributed by atoms with Crippen LogP contribution in [0.25, 0.3) is 27.7 Å². The molecule has 11 heteroatoms. The lowest BCUT2D eigenvalue weighted by molar-refractivity contribution is 0.413. The van der Waals surface area contributed by atoms with Crippen molar-refractivity contribution >= 4 is 32.5 Å². The molecule has 0 bridgehead atoms. The molecule has 4 aromatic rings. The lowest BCUT2D eigenvalue weighted by Gasteiger charge is -2.17. The predicted octanol–water partition coefficient (Wildman–Crippen LogP) is 4.20. The van der Waals surface area contributed by atoms with Crippen LogP contribution in [0.1, 0.15) is 0 Å². The van der Waals surface area contributed by atoms with Gasteiger partial charge in [-0.1, -0.05) is 17.7 Å². The molecule has 188 valence electrons. The van der Waals surface area contributed by atoms with Gasteiger partial charge in [0.2, 0.25) is 0 Å². The fourth-order valence-electron chi connectivity index (χ4n) is 4.02. The third-order valence-corrected chi connectivity index (χ3v) is 7.27. The molecule has 0 aliphatic carbocycles. The van der Waals surface area contributed by atoms with Crippen molar-refractivity contribution in [3.63, 3.8) is 0 Å². The highest BCUT2D eigenvalue weighted by Gasteiger charge is 2.19. The van der Waals surface area contributed by atoms with Crippen LogP contribution in [0.5, 0.6) is 5.75 Å². The number of allylic oxidation sites excluding steroid dienone is 2. The fraction of sp³-hybridized carbons (Fsp3) is 0.0385. The number of methoxy groups -OCH3 is 1. The zero-order valence-corrected chi connectivity index (χ0v) is 20.9. The number of hydrogen-bond acceptors (Lipinski definition) is 6. The minimum Gasteiger partial charge on any atom is -0.495 e. The average Bonchev–Trinajstić information content (AvgIpc) is 2.88. The number of pyridine rings is 1. The van der Waals surface area contributed by atoms with Crippen molar-refractivity contribution in [2.45, 2.75) is 4.90 Å². The van der Waals surface area contributed by atoms with Crippen LogP contribution < -0.4 is 25.9 Å². The SMILES string of the molecule is COc1cc(-c2cc(F)cc(Cl)c2)ccc1-n1c(=O)ccc2cc(S(=O)(=O)NC3=CC=CNN3)ccc21. The Morgan fingerprint density at radius 3 is 2.57 bits per heavy atom. The second-order valence-corrected chi connectivity index (χ2v) is 10.2. The van der Waals surface area contributed by atoms with Gasteiger partial charge in [0.25, 0.3) is 15.6 Å². The number of hydrogen-bond donors (Lipinski definition) is 3. The number of nitrogens with zero attached hydrogens (tertiary/aromatic N) is 1. The minimum atomic E-state index is -3.90. The molecule has 8 nitrogen and oxygen atoms in total. The van der Waals surface area contributed by atoms with Crippen molar-refractivity contribution < 1.29 is 17.5 Å². The van der Waals surface area contributed by atoms with Crippen LogP contribution in [-0.2, 0) is 10.0 Å². The second kappa shape index (κ2) is 9.64. The molecular formula is C26H20ClFN4O4S. The third-order valence-electron chi connectivity index (χ3n) is 5.69.